The smallest absolute Gasteiger partial charge is 0.227 e. The van der Waals surface area contributed by atoms with Gasteiger partial charge in [0, 0.05) is 23.5 Å². The van der Waals surface area contributed by atoms with Crippen molar-refractivity contribution in [3.8, 4) is 11.5 Å². The Kier molecular flexibility index (Phi) is 3.97. The minimum Gasteiger partial charge on any atom is -0.441 e. The molecule has 0 bridgehead atoms. The normalized spacial score (nSPS) is 18.7. The highest BCUT2D eigenvalue weighted by atomic mass is 32.1. The van der Waals surface area contributed by atoms with Crippen molar-refractivity contribution < 1.29 is 4.42 Å². The summed E-state index contributed by atoms with van der Waals surface area (Å²) in [6, 6.07) is 2.53. The maximum atomic E-state index is 5.85. The van der Waals surface area contributed by atoms with Gasteiger partial charge >= 0.3 is 0 Å². The minimum absolute atomic E-state index is 0.484. The molecular formula is C16H19N5OS. The topological polar surface area (TPSA) is 60.0 Å². The molecule has 0 radical (unpaired) electrons. The van der Waals surface area contributed by atoms with Crippen molar-refractivity contribution in [1.29, 1.82) is 0 Å². The Morgan fingerprint density at radius 2 is 2.39 bits per heavy atom. The van der Waals surface area contributed by atoms with Gasteiger partial charge in [0.15, 0.2) is 0 Å². The molecule has 120 valence electrons. The molecule has 3 aromatic rings. The summed E-state index contributed by atoms with van der Waals surface area (Å²) in [7, 11) is 0. The largest absolute Gasteiger partial charge is 0.441 e. The summed E-state index contributed by atoms with van der Waals surface area (Å²) in [5, 5.41) is 8.34. The maximum Gasteiger partial charge on any atom is 0.227 e. The lowest BCUT2D eigenvalue weighted by atomic mass is 10.2. The molecular weight excluding hydrogens is 310 g/mol. The van der Waals surface area contributed by atoms with Crippen molar-refractivity contribution in [3.05, 3.63) is 40.9 Å². The first-order valence-electron chi connectivity index (χ1n) is 7.85. The maximum absolute atomic E-state index is 5.85. The first-order chi connectivity index (χ1) is 11.3. The molecule has 7 heteroatoms. The van der Waals surface area contributed by atoms with Gasteiger partial charge in [-0.2, -0.15) is 16.4 Å². The number of aromatic nitrogens is 4. The van der Waals surface area contributed by atoms with Gasteiger partial charge in [-0.3, -0.25) is 9.58 Å². The molecule has 1 saturated heterocycles. The Labute approximate surface area is 138 Å². The van der Waals surface area contributed by atoms with Crippen molar-refractivity contribution in [1.82, 2.24) is 24.6 Å². The SMILES string of the molecule is Cc1oc(-c2ccsc2)nc1CN1CCCC1Cn1cncn1. The van der Waals surface area contributed by atoms with Crippen molar-refractivity contribution in [2.75, 3.05) is 6.54 Å². The molecule has 0 saturated carbocycles. The van der Waals surface area contributed by atoms with Crippen LogP contribution in [0, 0.1) is 6.92 Å². The van der Waals surface area contributed by atoms with Crippen LogP contribution < -0.4 is 0 Å². The van der Waals surface area contributed by atoms with E-state index in [0.717, 1.165) is 42.5 Å². The van der Waals surface area contributed by atoms with E-state index >= 15 is 0 Å². The average Bonchev–Trinajstić information content (AvgIpc) is 3.31. The lowest BCUT2D eigenvalue weighted by Crippen LogP contribution is -2.33. The zero-order valence-corrected chi connectivity index (χ0v) is 13.9. The number of hydrogen-bond donors (Lipinski definition) is 0. The van der Waals surface area contributed by atoms with Crippen LogP contribution >= 0.6 is 11.3 Å². The van der Waals surface area contributed by atoms with Gasteiger partial charge in [-0.25, -0.2) is 9.97 Å². The van der Waals surface area contributed by atoms with Gasteiger partial charge in [0.1, 0.15) is 18.4 Å². The van der Waals surface area contributed by atoms with E-state index in [2.05, 4.69) is 20.4 Å². The Morgan fingerprint density at radius 3 is 3.17 bits per heavy atom. The third-order valence-electron chi connectivity index (χ3n) is 4.38. The second kappa shape index (κ2) is 6.25. The fourth-order valence-electron chi connectivity index (χ4n) is 3.13. The van der Waals surface area contributed by atoms with Crippen LogP contribution in [0.5, 0.6) is 0 Å². The molecule has 0 N–H and O–H groups in total. The zero-order valence-electron chi connectivity index (χ0n) is 13.1. The number of thiophene rings is 1. The Bertz CT molecular complexity index is 750. The van der Waals surface area contributed by atoms with Crippen LogP contribution in [-0.2, 0) is 13.1 Å². The van der Waals surface area contributed by atoms with Gasteiger partial charge in [0.25, 0.3) is 0 Å². The molecule has 6 nitrogen and oxygen atoms in total. The molecule has 1 aliphatic rings. The molecule has 4 heterocycles. The molecule has 4 rings (SSSR count). The van der Waals surface area contributed by atoms with E-state index in [1.165, 1.54) is 12.8 Å². The van der Waals surface area contributed by atoms with E-state index in [1.54, 1.807) is 24.0 Å². The van der Waals surface area contributed by atoms with Crippen LogP contribution in [0.1, 0.15) is 24.3 Å². The van der Waals surface area contributed by atoms with Gasteiger partial charge in [-0.15, -0.1) is 0 Å². The van der Waals surface area contributed by atoms with Crippen molar-refractivity contribution in [2.24, 2.45) is 0 Å². The second-order valence-electron chi connectivity index (χ2n) is 5.92. The van der Waals surface area contributed by atoms with Gasteiger partial charge in [0.05, 0.1) is 12.2 Å². The summed E-state index contributed by atoms with van der Waals surface area (Å²) in [6.45, 7) is 4.81. The van der Waals surface area contributed by atoms with Crippen LogP contribution in [-0.4, -0.2) is 37.2 Å². The predicted molar refractivity (Wildman–Crippen MR) is 88.0 cm³/mol. The van der Waals surface area contributed by atoms with E-state index in [0.29, 0.717) is 6.04 Å². The summed E-state index contributed by atoms with van der Waals surface area (Å²) >= 11 is 1.66. The molecule has 0 spiro atoms. The standard InChI is InChI=1S/C16H19N5OS/c1-12-15(19-16(22-12)13-4-6-23-9-13)8-20-5-2-3-14(20)7-21-11-17-10-18-21/h4,6,9-11,14H,2-3,5,7-8H2,1H3. The van der Waals surface area contributed by atoms with Crippen LogP contribution in [0.15, 0.2) is 33.9 Å². The molecule has 1 fully saturated rings. The predicted octanol–water partition coefficient (Wildman–Crippen LogP) is 2.97. The van der Waals surface area contributed by atoms with Crippen LogP contribution in [0.25, 0.3) is 11.5 Å². The van der Waals surface area contributed by atoms with Crippen LogP contribution in [0.4, 0.5) is 0 Å². The third kappa shape index (κ3) is 3.07. The van der Waals surface area contributed by atoms with Gasteiger partial charge in [-0.05, 0) is 37.8 Å². The highest BCUT2D eigenvalue weighted by Crippen LogP contribution is 2.27. The summed E-state index contributed by atoms with van der Waals surface area (Å²) in [4.78, 5) is 11.2. The molecule has 0 amide bonds. The Hall–Kier alpha value is -1.99. The summed E-state index contributed by atoms with van der Waals surface area (Å²) < 4.78 is 7.76. The third-order valence-corrected chi connectivity index (χ3v) is 5.06. The molecule has 23 heavy (non-hydrogen) atoms. The van der Waals surface area contributed by atoms with Crippen molar-refractivity contribution in [2.45, 2.75) is 38.9 Å². The number of aryl methyl sites for hydroxylation is 1. The fourth-order valence-corrected chi connectivity index (χ4v) is 3.76. The first kappa shape index (κ1) is 14.6. The molecule has 1 atom stereocenters. The van der Waals surface area contributed by atoms with Crippen molar-refractivity contribution >= 4 is 11.3 Å². The summed E-state index contributed by atoms with van der Waals surface area (Å²) in [6.07, 6.45) is 5.78. The number of oxazole rings is 1. The lowest BCUT2D eigenvalue weighted by Gasteiger charge is -2.23. The summed E-state index contributed by atoms with van der Waals surface area (Å²) in [5.41, 5.74) is 2.10. The fraction of sp³-hybridized carbons (Fsp3) is 0.438. The molecule has 3 aromatic heterocycles. The number of likely N-dealkylation sites (tertiary alicyclic amines) is 1. The van der Waals surface area contributed by atoms with Crippen molar-refractivity contribution in [3.63, 3.8) is 0 Å². The number of rotatable bonds is 5. The van der Waals surface area contributed by atoms with E-state index in [-0.39, 0.29) is 0 Å². The van der Waals surface area contributed by atoms with Gasteiger partial charge in [-0.1, -0.05) is 0 Å². The Morgan fingerprint density at radius 1 is 1.43 bits per heavy atom. The van der Waals surface area contributed by atoms with Gasteiger partial charge < -0.3 is 4.42 Å². The monoisotopic (exact) mass is 329 g/mol. The Balaban J connectivity index is 1.48. The summed E-state index contributed by atoms with van der Waals surface area (Å²) in [5.74, 6) is 1.64. The van der Waals surface area contributed by atoms with E-state index < -0.39 is 0 Å². The average molecular weight is 329 g/mol. The highest BCUT2D eigenvalue weighted by Gasteiger charge is 2.27. The van der Waals surface area contributed by atoms with E-state index in [4.69, 9.17) is 9.40 Å². The first-order valence-corrected chi connectivity index (χ1v) is 8.79. The molecule has 1 unspecified atom stereocenters. The zero-order chi connectivity index (χ0) is 15.6. The van der Waals surface area contributed by atoms with E-state index in [1.807, 2.05) is 23.1 Å². The molecule has 0 aliphatic carbocycles. The quantitative estimate of drug-likeness (QED) is 0.720. The van der Waals surface area contributed by atoms with E-state index in [9.17, 15) is 0 Å². The van der Waals surface area contributed by atoms with Crippen LogP contribution in [0.3, 0.4) is 0 Å². The highest BCUT2D eigenvalue weighted by molar-refractivity contribution is 7.08. The molecule has 0 aromatic carbocycles. The second-order valence-corrected chi connectivity index (χ2v) is 6.70. The number of hydrogen-bond acceptors (Lipinski definition) is 6. The van der Waals surface area contributed by atoms with Crippen LogP contribution in [0.2, 0.25) is 0 Å². The lowest BCUT2D eigenvalue weighted by molar-refractivity contribution is 0.216. The minimum atomic E-state index is 0.484. The van der Waals surface area contributed by atoms with Gasteiger partial charge in [0.2, 0.25) is 5.89 Å². The molecule has 1 aliphatic heterocycles. The number of nitrogens with zero attached hydrogens (tertiary/aromatic N) is 5.